The first-order chi connectivity index (χ1) is 16.0. The quantitative estimate of drug-likeness (QED) is 0.299. The maximum Gasteiger partial charge on any atom is 0.262 e. The van der Waals surface area contributed by atoms with Gasteiger partial charge < -0.3 is 9.47 Å². The van der Waals surface area contributed by atoms with Crippen molar-refractivity contribution in [1.82, 2.24) is 24.7 Å². The molecule has 0 unspecified atom stereocenters. The van der Waals surface area contributed by atoms with Gasteiger partial charge in [-0.1, -0.05) is 6.07 Å². The van der Waals surface area contributed by atoms with E-state index in [1.807, 2.05) is 24.4 Å². The molecule has 0 spiro atoms. The molecule has 0 aliphatic carbocycles. The van der Waals surface area contributed by atoms with Gasteiger partial charge in [0, 0.05) is 31.4 Å². The van der Waals surface area contributed by atoms with Crippen molar-refractivity contribution in [2.45, 2.75) is 17.5 Å². The number of nitrogens with one attached hydrogen (secondary N) is 2. The number of sulfonamides is 1. The molecule has 3 N–H and O–H groups in total. The third kappa shape index (κ3) is 5.49. The molecular formula is C21H25N5O6S. The molecule has 1 aliphatic heterocycles. The van der Waals surface area contributed by atoms with E-state index in [1.165, 1.54) is 12.1 Å². The maximum absolute atomic E-state index is 12.7. The Balaban J connectivity index is 1.38. The van der Waals surface area contributed by atoms with Crippen LogP contribution in [-0.4, -0.2) is 72.9 Å². The summed E-state index contributed by atoms with van der Waals surface area (Å²) in [5.41, 5.74) is 3.44. The summed E-state index contributed by atoms with van der Waals surface area (Å²) in [6.07, 6.45) is 3.57. The van der Waals surface area contributed by atoms with Crippen LogP contribution in [0.15, 0.2) is 59.8 Å². The van der Waals surface area contributed by atoms with E-state index in [1.54, 1.807) is 33.2 Å². The van der Waals surface area contributed by atoms with Gasteiger partial charge in [0.2, 0.25) is 10.0 Å². The lowest BCUT2D eigenvalue weighted by molar-refractivity contribution is -0.136. The van der Waals surface area contributed by atoms with E-state index in [4.69, 9.17) is 14.7 Å². The molecule has 33 heavy (non-hydrogen) atoms. The van der Waals surface area contributed by atoms with E-state index in [2.05, 4.69) is 9.82 Å². The van der Waals surface area contributed by atoms with Crippen LogP contribution in [0.4, 0.5) is 0 Å². The molecule has 2 aromatic heterocycles. The molecule has 1 aliphatic rings. The molecule has 0 saturated carbocycles. The van der Waals surface area contributed by atoms with Gasteiger partial charge in [0.1, 0.15) is 18.4 Å². The molecule has 1 saturated heterocycles. The second-order valence-corrected chi connectivity index (χ2v) is 9.22. The van der Waals surface area contributed by atoms with Crippen LogP contribution in [0.1, 0.15) is 5.56 Å². The SMILES string of the molecule is O=C(NO)[C@H](CNS(=O)(=O)c1ccc(OCc2cnn3ccccc23)cc1)N1CCOCC1. The van der Waals surface area contributed by atoms with Crippen LogP contribution in [0.25, 0.3) is 5.52 Å². The van der Waals surface area contributed by atoms with Crippen molar-refractivity contribution in [2.75, 3.05) is 32.8 Å². The van der Waals surface area contributed by atoms with Gasteiger partial charge in [-0.3, -0.25) is 14.9 Å². The highest BCUT2D eigenvalue weighted by Crippen LogP contribution is 2.19. The topological polar surface area (TPSA) is 134 Å². The van der Waals surface area contributed by atoms with E-state index >= 15 is 0 Å². The highest BCUT2D eigenvalue weighted by Gasteiger charge is 2.29. The Labute approximate surface area is 190 Å². The average Bonchev–Trinajstić information content (AvgIpc) is 3.26. The highest BCUT2D eigenvalue weighted by molar-refractivity contribution is 7.89. The Kier molecular flexibility index (Phi) is 7.20. The molecule has 12 heteroatoms. The number of carbonyl (C=O) groups is 1. The fourth-order valence-corrected chi connectivity index (χ4v) is 4.64. The van der Waals surface area contributed by atoms with Gasteiger partial charge >= 0.3 is 0 Å². The third-order valence-corrected chi connectivity index (χ3v) is 6.84. The van der Waals surface area contributed by atoms with Crippen LogP contribution in [-0.2, 0) is 26.2 Å². The van der Waals surface area contributed by atoms with Crippen molar-refractivity contribution in [1.29, 1.82) is 0 Å². The van der Waals surface area contributed by atoms with Gasteiger partial charge in [0.15, 0.2) is 0 Å². The van der Waals surface area contributed by atoms with Crippen molar-refractivity contribution in [3.05, 3.63) is 60.4 Å². The standard InChI is InChI=1S/C21H25N5O6S/c27-21(24-28)20(25-9-11-31-12-10-25)14-23-33(29,30)18-6-4-17(5-7-18)32-15-16-13-22-26-8-2-1-3-19(16)26/h1-8,13,20,23,28H,9-12,14-15H2,(H,24,27)/t20-/m0/s1. The van der Waals surface area contributed by atoms with Crippen LogP contribution in [0.5, 0.6) is 5.75 Å². The van der Waals surface area contributed by atoms with E-state index in [0.717, 1.165) is 11.1 Å². The minimum Gasteiger partial charge on any atom is -0.489 e. The Morgan fingerprint density at radius 1 is 1.18 bits per heavy atom. The minimum absolute atomic E-state index is 0.0379. The maximum atomic E-state index is 12.7. The van der Waals surface area contributed by atoms with Crippen LogP contribution in [0, 0.1) is 0 Å². The van der Waals surface area contributed by atoms with E-state index in [9.17, 15) is 13.2 Å². The van der Waals surface area contributed by atoms with Gasteiger partial charge in [-0.05, 0) is 36.4 Å². The Hall–Kier alpha value is -3.03. The molecule has 11 nitrogen and oxygen atoms in total. The molecule has 1 atom stereocenters. The van der Waals surface area contributed by atoms with Gasteiger partial charge in [0.25, 0.3) is 5.91 Å². The van der Waals surface area contributed by atoms with Gasteiger partial charge in [0.05, 0.1) is 29.8 Å². The molecule has 4 rings (SSSR count). The van der Waals surface area contributed by atoms with Crippen molar-refractivity contribution in [2.24, 2.45) is 0 Å². The number of morpholine rings is 1. The second-order valence-electron chi connectivity index (χ2n) is 7.45. The first-order valence-electron chi connectivity index (χ1n) is 10.4. The first-order valence-corrected chi connectivity index (χ1v) is 11.9. The number of nitrogens with zero attached hydrogens (tertiary/aromatic N) is 3. The summed E-state index contributed by atoms with van der Waals surface area (Å²) in [6, 6.07) is 10.9. The lowest BCUT2D eigenvalue weighted by Gasteiger charge is -2.32. The molecule has 0 bridgehead atoms. The lowest BCUT2D eigenvalue weighted by Crippen LogP contribution is -2.55. The Morgan fingerprint density at radius 3 is 2.67 bits per heavy atom. The summed E-state index contributed by atoms with van der Waals surface area (Å²) < 4.78 is 40.7. The van der Waals surface area contributed by atoms with Crippen molar-refractivity contribution >= 4 is 21.4 Å². The Morgan fingerprint density at radius 2 is 1.94 bits per heavy atom. The predicted molar refractivity (Wildman–Crippen MR) is 117 cm³/mol. The van der Waals surface area contributed by atoms with E-state index in [0.29, 0.717) is 32.1 Å². The number of hydroxylamine groups is 1. The zero-order chi connectivity index (χ0) is 23.3. The highest BCUT2D eigenvalue weighted by atomic mass is 32.2. The number of pyridine rings is 1. The zero-order valence-corrected chi connectivity index (χ0v) is 18.6. The molecule has 176 valence electrons. The van der Waals surface area contributed by atoms with Crippen molar-refractivity contribution < 1.29 is 27.9 Å². The summed E-state index contributed by atoms with van der Waals surface area (Å²) >= 11 is 0. The first kappa shape index (κ1) is 23.1. The van der Waals surface area contributed by atoms with Crippen LogP contribution < -0.4 is 14.9 Å². The minimum atomic E-state index is -3.88. The average molecular weight is 476 g/mol. The number of hydrogen-bond acceptors (Lipinski definition) is 8. The lowest BCUT2D eigenvalue weighted by atomic mass is 10.2. The summed E-state index contributed by atoms with van der Waals surface area (Å²) in [4.78, 5) is 13.9. The van der Waals surface area contributed by atoms with Crippen molar-refractivity contribution in [3.8, 4) is 5.75 Å². The largest absolute Gasteiger partial charge is 0.489 e. The second kappa shape index (κ2) is 10.3. The third-order valence-electron chi connectivity index (χ3n) is 5.40. The number of amides is 1. The molecule has 3 aromatic rings. The van der Waals surface area contributed by atoms with Crippen LogP contribution in [0.2, 0.25) is 0 Å². The van der Waals surface area contributed by atoms with Crippen LogP contribution in [0.3, 0.4) is 0 Å². The Bertz CT molecular complexity index is 1190. The fourth-order valence-electron chi connectivity index (χ4n) is 3.60. The summed E-state index contributed by atoms with van der Waals surface area (Å²) in [7, 11) is -3.88. The predicted octanol–water partition coefficient (Wildman–Crippen LogP) is 0.398. The fraction of sp³-hybridized carbons (Fsp3) is 0.333. The number of hydrogen-bond donors (Lipinski definition) is 3. The number of ether oxygens (including phenoxy) is 2. The molecule has 1 aromatic carbocycles. The molecular weight excluding hydrogens is 450 g/mol. The van der Waals surface area contributed by atoms with Crippen molar-refractivity contribution in [3.63, 3.8) is 0 Å². The number of fused-ring (bicyclic) bond motifs is 1. The number of carbonyl (C=O) groups excluding carboxylic acids is 1. The molecule has 1 fully saturated rings. The smallest absolute Gasteiger partial charge is 0.262 e. The number of benzene rings is 1. The van der Waals surface area contributed by atoms with Gasteiger partial charge in [-0.15, -0.1) is 0 Å². The zero-order valence-electron chi connectivity index (χ0n) is 17.8. The summed E-state index contributed by atoms with van der Waals surface area (Å²) in [5.74, 6) is -0.175. The van der Waals surface area contributed by atoms with Gasteiger partial charge in [-0.2, -0.15) is 5.10 Å². The van der Waals surface area contributed by atoms with Crippen LogP contribution >= 0.6 is 0 Å². The summed E-state index contributed by atoms with van der Waals surface area (Å²) in [6.45, 7) is 1.87. The monoisotopic (exact) mass is 475 g/mol. The normalized spacial score (nSPS) is 15.9. The number of aromatic nitrogens is 2. The van der Waals surface area contributed by atoms with E-state index < -0.39 is 22.0 Å². The molecule has 3 heterocycles. The van der Waals surface area contributed by atoms with E-state index in [-0.39, 0.29) is 18.0 Å². The number of rotatable bonds is 9. The summed E-state index contributed by atoms with van der Waals surface area (Å²) in [5, 5.41) is 13.3. The molecule has 1 amide bonds. The molecule has 0 radical (unpaired) electrons. The van der Waals surface area contributed by atoms with Gasteiger partial charge in [-0.25, -0.2) is 23.1 Å².